The molecule has 11 heavy (non-hydrogen) atoms. The molecule has 0 bridgehead atoms. The van der Waals surface area contributed by atoms with Crippen LogP contribution in [0.15, 0.2) is 18.3 Å². The highest BCUT2D eigenvalue weighted by molar-refractivity contribution is 7.89. The van der Waals surface area contributed by atoms with Crippen LogP contribution < -0.4 is 5.14 Å². The number of hydrogen-bond acceptors (Lipinski definition) is 2. The molecule has 1 aromatic rings. The highest BCUT2D eigenvalue weighted by Crippen LogP contribution is 1.96. The van der Waals surface area contributed by atoms with Gasteiger partial charge in [-0.15, -0.1) is 0 Å². The molecule has 0 aliphatic heterocycles. The van der Waals surface area contributed by atoms with Crippen molar-refractivity contribution in [2.45, 2.75) is 6.42 Å². The molecule has 1 heterocycles. The van der Waals surface area contributed by atoms with Gasteiger partial charge in [0, 0.05) is 18.3 Å². The number of sulfonamides is 1. The lowest BCUT2D eigenvalue weighted by Crippen LogP contribution is -2.17. The molecular formula is C6H10N2O2S. The van der Waals surface area contributed by atoms with Crippen LogP contribution in [-0.4, -0.2) is 19.2 Å². The first-order valence-electron chi connectivity index (χ1n) is 3.21. The minimum absolute atomic E-state index is 0.00644. The van der Waals surface area contributed by atoms with E-state index in [1.165, 1.54) is 0 Å². The van der Waals surface area contributed by atoms with Crippen molar-refractivity contribution in [2.75, 3.05) is 5.75 Å². The van der Waals surface area contributed by atoms with Crippen molar-refractivity contribution in [2.24, 2.45) is 5.14 Å². The fourth-order valence-corrected chi connectivity index (χ4v) is 1.28. The number of hydrogen-bond donors (Lipinski definition) is 2. The Morgan fingerprint density at radius 3 is 2.73 bits per heavy atom. The molecule has 0 saturated heterocycles. The van der Waals surface area contributed by atoms with Gasteiger partial charge in [-0.05, 0) is 12.1 Å². The first kappa shape index (κ1) is 8.29. The first-order chi connectivity index (χ1) is 5.08. The van der Waals surface area contributed by atoms with Gasteiger partial charge in [-0.3, -0.25) is 0 Å². The Hall–Kier alpha value is -0.810. The lowest BCUT2D eigenvalue weighted by molar-refractivity contribution is 0.596. The van der Waals surface area contributed by atoms with Crippen molar-refractivity contribution in [3.8, 4) is 0 Å². The lowest BCUT2D eigenvalue weighted by Gasteiger charge is -1.94. The molecule has 0 aromatic carbocycles. The summed E-state index contributed by atoms with van der Waals surface area (Å²) < 4.78 is 21.0. The molecule has 3 N–H and O–H groups in total. The van der Waals surface area contributed by atoms with E-state index in [-0.39, 0.29) is 5.75 Å². The highest BCUT2D eigenvalue weighted by Gasteiger charge is 2.02. The van der Waals surface area contributed by atoms with E-state index in [2.05, 4.69) is 4.98 Å². The van der Waals surface area contributed by atoms with Gasteiger partial charge in [0.1, 0.15) is 0 Å². The van der Waals surface area contributed by atoms with E-state index < -0.39 is 10.0 Å². The molecule has 0 saturated carbocycles. The monoisotopic (exact) mass is 174 g/mol. The summed E-state index contributed by atoms with van der Waals surface area (Å²) in [6.45, 7) is 0. The number of rotatable bonds is 3. The zero-order chi connectivity index (χ0) is 8.32. The van der Waals surface area contributed by atoms with Gasteiger partial charge < -0.3 is 4.98 Å². The van der Waals surface area contributed by atoms with Crippen LogP contribution >= 0.6 is 0 Å². The number of aromatic nitrogens is 1. The lowest BCUT2D eigenvalue weighted by atomic mass is 10.3. The van der Waals surface area contributed by atoms with E-state index in [9.17, 15) is 8.42 Å². The molecule has 0 spiro atoms. The van der Waals surface area contributed by atoms with Crippen molar-refractivity contribution in [1.82, 2.24) is 4.98 Å². The van der Waals surface area contributed by atoms with Gasteiger partial charge in [0.25, 0.3) is 0 Å². The summed E-state index contributed by atoms with van der Waals surface area (Å²) in [7, 11) is -3.32. The SMILES string of the molecule is NS(=O)(=O)CCc1ccc[nH]1. The molecular weight excluding hydrogens is 164 g/mol. The molecule has 62 valence electrons. The van der Waals surface area contributed by atoms with Crippen LogP contribution in [0.3, 0.4) is 0 Å². The molecule has 1 aromatic heterocycles. The van der Waals surface area contributed by atoms with E-state index in [4.69, 9.17) is 5.14 Å². The van der Waals surface area contributed by atoms with Gasteiger partial charge in [0.2, 0.25) is 10.0 Å². The molecule has 1 rings (SSSR count). The summed E-state index contributed by atoms with van der Waals surface area (Å²) in [5.74, 6) is -0.00644. The fraction of sp³-hybridized carbons (Fsp3) is 0.333. The third kappa shape index (κ3) is 3.20. The summed E-state index contributed by atoms with van der Waals surface area (Å²) in [5.41, 5.74) is 0.888. The van der Waals surface area contributed by atoms with Crippen LogP contribution in [0.2, 0.25) is 0 Å². The van der Waals surface area contributed by atoms with Gasteiger partial charge >= 0.3 is 0 Å². The van der Waals surface area contributed by atoms with E-state index in [0.717, 1.165) is 5.69 Å². The summed E-state index contributed by atoms with van der Waals surface area (Å²) in [5, 5.41) is 4.81. The van der Waals surface area contributed by atoms with Gasteiger partial charge in [-0.1, -0.05) is 0 Å². The van der Waals surface area contributed by atoms with E-state index in [1.54, 1.807) is 6.20 Å². The van der Waals surface area contributed by atoms with Gasteiger partial charge in [-0.2, -0.15) is 0 Å². The van der Waals surface area contributed by atoms with E-state index in [0.29, 0.717) is 6.42 Å². The summed E-state index contributed by atoms with van der Waals surface area (Å²) in [6, 6.07) is 3.64. The largest absolute Gasteiger partial charge is 0.365 e. The summed E-state index contributed by atoms with van der Waals surface area (Å²) >= 11 is 0. The standard InChI is InChI=1S/C6H10N2O2S/c7-11(9,10)5-3-6-2-1-4-8-6/h1-2,4,8H,3,5H2,(H2,7,9,10). The molecule has 0 unspecified atom stereocenters. The Kier molecular flexibility index (Phi) is 2.31. The zero-order valence-electron chi connectivity index (χ0n) is 5.95. The average Bonchev–Trinajstić information content (AvgIpc) is 2.32. The van der Waals surface area contributed by atoms with Crippen LogP contribution in [-0.2, 0) is 16.4 Å². The Labute approximate surface area is 65.5 Å². The Morgan fingerprint density at radius 2 is 2.27 bits per heavy atom. The zero-order valence-corrected chi connectivity index (χ0v) is 6.76. The molecule has 0 fully saturated rings. The Bertz CT molecular complexity index is 301. The normalized spacial score (nSPS) is 11.7. The second-order valence-corrected chi connectivity index (χ2v) is 4.05. The maximum atomic E-state index is 10.5. The van der Waals surface area contributed by atoms with Crippen LogP contribution in [0.5, 0.6) is 0 Å². The predicted octanol–water partition coefficient (Wildman–Crippen LogP) is -0.154. The molecule has 4 nitrogen and oxygen atoms in total. The van der Waals surface area contributed by atoms with Crippen LogP contribution in [0.25, 0.3) is 0 Å². The predicted molar refractivity (Wildman–Crippen MR) is 42.5 cm³/mol. The van der Waals surface area contributed by atoms with Crippen molar-refractivity contribution in [1.29, 1.82) is 0 Å². The van der Waals surface area contributed by atoms with Gasteiger partial charge in [0.05, 0.1) is 5.75 Å². The number of nitrogens with two attached hydrogens (primary N) is 1. The van der Waals surface area contributed by atoms with Crippen LogP contribution in [0.1, 0.15) is 5.69 Å². The third-order valence-electron chi connectivity index (χ3n) is 1.32. The minimum atomic E-state index is -3.32. The van der Waals surface area contributed by atoms with Crippen molar-refractivity contribution >= 4 is 10.0 Å². The minimum Gasteiger partial charge on any atom is -0.365 e. The summed E-state index contributed by atoms with van der Waals surface area (Å²) in [4.78, 5) is 2.89. The van der Waals surface area contributed by atoms with Gasteiger partial charge in [-0.25, -0.2) is 13.6 Å². The highest BCUT2D eigenvalue weighted by atomic mass is 32.2. The first-order valence-corrected chi connectivity index (χ1v) is 4.92. The summed E-state index contributed by atoms with van der Waals surface area (Å²) in [6.07, 6.45) is 2.20. The molecule has 0 aliphatic carbocycles. The fourth-order valence-electron chi connectivity index (χ4n) is 0.775. The van der Waals surface area contributed by atoms with Crippen molar-refractivity contribution < 1.29 is 8.42 Å². The number of nitrogens with one attached hydrogen (secondary N) is 1. The maximum absolute atomic E-state index is 10.5. The smallest absolute Gasteiger partial charge is 0.209 e. The number of aromatic amines is 1. The number of aryl methyl sites for hydroxylation is 1. The van der Waals surface area contributed by atoms with Gasteiger partial charge in [0.15, 0.2) is 0 Å². The van der Waals surface area contributed by atoms with Crippen LogP contribution in [0.4, 0.5) is 0 Å². The Balaban J connectivity index is 2.48. The number of H-pyrrole nitrogens is 1. The molecule has 0 amide bonds. The third-order valence-corrected chi connectivity index (χ3v) is 2.09. The second kappa shape index (κ2) is 3.06. The van der Waals surface area contributed by atoms with E-state index >= 15 is 0 Å². The van der Waals surface area contributed by atoms with Crippen molar-refractivity contribution in [3.05, 3.63) is 24.0 Å². The van der Waals surface area contributed by atoms with Crippen molar-refractivity contribution in [3.63, 3.8) is 0 Å². The molecule has 0 aliphatic rings. The molecule has 5 heteroatoms. The topological polar surface area (TPSA) is 76.0 Å². The number of primary sulfonamides is 1. The average molecular weight is 174 g/mol. The molecule has 0 atom stereocenters. The molecule has 0 radical (unpaired) electrons. The Morgan fingerprint density at radius 1 is 1.55 bits per heavy atom. The maximum Gasteiger partial charge on any atom is 0.209 e. The van der Waals surface area contributed by atoms with E-state index in [1.807, 2.05) is 12.1 Å². The quantitative estimate of drug-likeness (QED) is 0.668. The second-order valence-electron chi connectivity index (χ2n) is 2.31. The van der Waals surface area contributed by atoms with Crippen LogP contribution in [0, 0.1) is 0 Å².